The van der Waals surface area contributed by atoms with Crippen molar-refractivity contribution in [3.63, 3.8) is 0 Å². The van der Waals surface area contributed by atoms with Gasteiger partial charge in [-0.2, -0.15) is 18.3 Å². The summed E-state index contributed by atoms with van der Waals surface area (Å²) < 4.78 is 36.7. The number of hydrogen-bond donors (Lipinski definition) is 3. The Kier molecular flexibility index (Phi) is 4.61. The lowest BCUT2D eigenvalue weighted by atomic mass is 10.1. The fraction of sp³-hybridized carbons (Fsp3) is 0.211. The minimum Gasteiger partial charge on any atom is -0.355 e. The molecule has 2 heterocycles. The first-order valence-corrected chi connectivity index (χ1v) is 8.75. The summed E-state index contributed by atoms with van der Waals surface area (Å²) in [6.07, 6.45) is -2.80. The van der Waals surface area contributed by atoms with E-state index >= 15 is 0 Å². The highest BCUT2D eigenvalue weighted by atomic mass is 19.4. The van der Waals surface area contributed by atoms with Gasteiger partial charge in [-0.1, -0.05) is 12.1 Å². The molecule has 0 radical (unpaired) electrons. The number of nitrogens with zero attached hydrogens (tertiary/aromatic N) is 2. The van der Waals surface area contributed by atoms with Crippen molar-refractivity contribution in [1.29, 1.82) is 0 Å². The van der Waals surface area contributed by atoms with E-state index < -0.39 is 31.1 Å². The summed E-state index contributed by atoms with van der Waals surface area (Å²) in [5.41, 5.74) is 3.23. The number of aromatic nitrogens is 2. The van der Waals surface area contributed by atoms with Crippen LogP contribution in [0, 0.1) is 0 Å². The van der Waals surface area contributed by atoms with Gasteiger partial charge in [0.1, 0.15) is 13.1 Å². The summed E-state index contributed by atoms with van der Waals surface area (Å²) in [7, 11) is 0. The number of carbonyl (C=O) groups excluding carboxylic acids is 2. The Morgan fingerprint density at radius 2 is 2.07 bits per heavy atom. The number of aromatic amines is 1. The molecule has 1 aliphatic heterocycles. The molecule has 0 aliphatic carbocycles. The zero-order valence-electron chi connectivity index (χ0n) is 15.0. The van der Waals surface area contributed by atoms with Gasteiger partial charge >= 0.3 is 6.18 Å². The Bertz CT molecular complexity index is 1090. The highest BCUT2D eigenvalue weighted by Crippen LogP contribution is 2.31. The average Bonchev–Trinajstić information content (AvgIpc) is 3.24. The van der Waals surface area contributed by atoms with Crippen LogP contribution >= 0.6 is 0 Å². The lowest BCUT2D eigenvalue weighted by Gasteiger charge is -2.16. The Morgan fingerprint density at radius 3 is 2.86 bits per heavy atom. The van der Waals surface area contributed by atoms with Gasteiger partial charge in [0.15, 0.2) is 0 Å². The number of fused-ring (bicyclic) bond motifs is 2. The van der Waals surface area contributed by atoms with E-state index in [1.54, 1.807) is 29.7 Å². The molecular weight excluding hydrogens is 387 g/mol. The molecule has 0 saturated carbocycles. The molecule has 3 aromatic rings. The number of H-pyrrole nitrogens is 1. The van der Waals surface area contributed by atoms with E-state index in [9.17, 15) is 22.8 Å². The van der Waals surface area contributed by atoms with Gasteiger partial charge in [-0.15, -0.1) is 0 Å². The third kappa shape index (κ3) is 4.00. The van der Waals surface area contributed by atoms with Gasteiger partial charge < -0.3 is 15.5 Å². The molecule has 1 aliphatic rings. The summed E-state index contributed by atoms with van der Waals surface area (Å²) in [6, 6.07) is 10.8. The third-order valence-electron chi connectivity index (χ3n) is 4.55. The van der Waals surface area contributed by atoms with E-state index in [0.29, 0.717) is 16.8 Å². The standard InChI is InChI=1S/C19H16F3N5O2/c20-19(21,22)10-23-16(28)9-27-8-12-2-1-3-14(17(12)18(27)29)25-13-5-4-11-7-24-26-15(11)6-13/h1-7,25H,8-10H2,(H,23,28)(H,24,26). The van der Waals surface area contributed by atoms with Crippen molar-refractivity contribution < 1.29 is 22.8 Å². The van der Waals surface area contributed by atoms with E-state index in [-0.39, 0.29) is 6.54 Å². The summed E-state index contributed by atoms with van der Waals surface area (Å²) in [5.74, 6) is -1.27. The Morgan fingerprint density at radius 1 is 1.24 bits per heavy atom. The second-order valence-corrected chi connectivity index (χ2v) is 6.69. The van der Waals surface area contributed by atoms with Gasteiger partial charge in [0, 0.05) is 17.6 Å². The van der Waals surface area contributed by atoms with Gasteiger partial charge in [-0.3, -0.25) is 14.7 Å². The van der Waals surface area contributed by atoms with Crippen molar-refractivity contribution >= 4 is 34.1 Å². The van der Waals surface area contributed by atoms with Crippen LogP contribution in [0.5, 0.6) is 0 Å². The van der Waals surface area contributed by atoms with Crippen LogP contribution in [0.4, 0.5) is 24.5 Å². The lowest BCUT2D eigenvalue weighted by Crippen LogP contribution is -2.41. The maximum atomic E-state index is 12.8. The molecule has 10 heteroatoms. The van der Waals surface area contributed by atoms with E-state index in [4.69, 9.17) is 0 Å². The molecule has 150 valence electrons. The molecule has 0 spiro atoms. The topological polar surface area (TPSA) is 90.1 Å². The SMILES string of the molecule is O=C(CN1Cc2cccc(Nc3ccc4cn[nH]c4c3)c2C1=O)NCC(F)(F)F. The van der Waals surface area contributed by atoms with Gasteiger partial charge in [-0.25, -0.2) is 0 Å². The molecular formula is C19H16F3N5O2. The van der Waals surface area contributed by atoms with Crippen LogP contribution in [0.2, 0.25) is 0 Å². The summed E-state index contributed by atoms with van der Waals surface area (Å²) in [6.45, 7) is -1.71. The second kappa shape index (κ2) is 7.12. The molecule has 2 aromatic carbocycles. The van der Waals surface area contributed by atoms with Crippen molar-refractivity contribution in [2.75, 3.05) is 18.4 Å². The molecule has 0 saturated heterocycles. The van der Waals surface area contributed by atoms with Crippen LogP contribution in [-0.4, -0.2) is 46.2 Å². The smallest absolute Gasteiger partial charge is 0.355 e. The van der Waals surface area contributed by atoms with Crippen molar-refractivity contribution in [2.24, 2.45) is 0 Å². The zero-order valence-corrected chi connectivity index (χ0v) is 15.0. The largest absolute Gasteiger partial charge is 0.405 e. The predicted molar refractivity (Wildman–Crippen MR) is 99.6 cm³/mol. The number of carbonyl (C=O) groups is 2. The van der Waals surface area contributed by atoms with E-state index in [1.165, 1.54) is 4.90 Å². The first kappa shape index (κ1) is 18.8. The molecule has 0 unspecified atom stereocenters. The number of hydrogen-bond acceptors (Lipinski definition) is 4. The van der Waals surface area contributed by atoms with Crippen LogP contribution in [0.15, 0.2) is 42.6 Å². The molecule has 1 aromatic heterocycles. The minimum absolute atomic E-state index is 0.155. The van der Waals surface area contributed by atoms with Crippen LogP contribution in [0.25, 0.3) is 10.9 Å². The summed E-state index contributed by atoms with van der Waals surface area (Å²) >= 11 is 0. The van der Waals surface area contributed by atoms with Crippen molar-refractivity contribution in [3.05, 3.63) is 53.7 Å². The Hall–Kier alpha value is -3.56. The third-order valence-corrected chi connectivity index (χ3v) is 4.55. The molecule has 0 fully saturated rings. The maximum absolute atomic E-state index is 12.8. The molecule has 0 atom stereocenters. The van der Waals surface area contributed by atoms with Crippen molar-refractivity contribution in [3.8, 4) is 0 Å². The highest BCUT2D eigenvalue weighted by molar-refractivity contribution is 6.05. The van der Waals surface area contributed by atoms with Gasteiger partial charge in [0.2, 0.25) is 5.91 Å². The number of halogens is 3. The maximum Gasteiger partial charge on any atom is 0.405 e. The van der Waals surface area contributed by atoms with Crippen LogP contribution in [0.3, 0.4) is 0 Å². The number of amides is 2. The number of anilines is 2. The molecule has 2 amide bonds. The van der Waals surface area contributed by atoms with Crippen molar-refractivity contribution in [1.82, 2.24) is 20.4 Å². The van der Waals surface area contributed by atoms with Gasteiger partial charge in [0.05, 0.1) is 23.0 Å². The fourth-order valence-electron chi connectivity index (χ4n) is 3.25. The van der Waals surface area contributed by atoms with Crippen molar-refractivity contribution in [2.45, 2.75) is 12.7 Å². The monoisotopic (exact) mass is 403 g/mol. The van der Waals surface area contributed by atoms with Gasteiger partial charge in [-0.05, 0) is 29.8 Å². The highest BCUT2D eigenvalue weighted by Gasteiger charge is 2.32. The number of nitrogens with one attached hydrogen (secondary N) is 3. The quantitative estimate of drug-likeness (QED) is 0.611. The summed E-state index contributed by atoms with van der Waals surface area (Å²) in [4.78, 5) is 25.8. The second-order valence-electron chi connectivity index (χ2n) is 6.69. The van der Waals surface area contributed by atoms with Crippen LogP contribution in [-0.2, 0) is 11.3 Å². The number of alkyl halides is 3. The molecule has 3 N–H and O–H groups in total. The minimum atomic E-state index is -4.50. The van der Waals surface area contributed by atoms with E-state index in [2.05, 4.69) is 15.5 Å². The average molecular weight is 403 g/mol. The van der Waals surface area contributed by atoms with Crippen LogP contribution < -0.4 is 10.6 Å². The van der Waals surface area contributed by atoms with E-state index in [1.807, 2.05) is 18.2 Å². The van der Waals surface area contributed by atoms with E-state index in [0.717, 1.165) is 16.6 Å². The fourth-order valence-corrected chi connectivity index (χ4v) is 3.25. The normalized spacial score (nSPS) is 13.6. The first-order valence-electron chi connectivity index (χ1n) is 8.75. The van der Waals surface area contributed by atoms with Crippen LogP contribution in [0.1, 0.15) is 15.9 Å². The molecule has 7 nitrogen and oxygen atoms in total. The van der Waals surface area contributed by atoms with Gasteiger partial charge in [0.25, 0.3) is 5.91 Å². The molecule has 0 bridgehead atoms. The summed E-state index contributed by atoms with van der Waals surface area (Å²) in [5, 5.41) is 12.8. The molecule has 29 heavy (non-hydrogen) atoms. The Labute approximate surface area is 162 Å². The number of rotatable bonds is 5. The Balaban J connectivity index is 1.50. The number of benzene rings is 2. The lowest BCUT2D eigenvalue weighted by molar-refractivity contribution is -0.138. The zero-order chi connectivity index (χ0) is 20.6. The first-order chi connectivity index (χ1) is 13.8. The predicted octanol–water partition coefficient (Wildman–Crippen LogP) is 2.94. The molecule has 4 rings (SSSR count).